The number of hydrogen-bond donors (Lipinski definition) is 3. The van der Waals surface area contributed by atoms with Crippen LogP contribution in [0.1, 0.15) is 34.1 Å². The fourth-order valence-electron chi connectivity index (χ4n) is 1.33. The van der Waals surface area contributed by atoms with Crippen LogP contribution in [0.15, 0.2) is 0 Å². The summed E-state index contributed by atoms with van der Waals surface area (Å²) in [7, 11) is 0. The quantitative estimate of drug-likeness (QED) is 0.652. The summed E-state index contributed by atoms with van der Waals surface area (Å²) in [5.41, 5.74) is -0.637. The molecule has 3 amide bonds. The topological polar surface area (TPSA) is 98.7 Å². The normalized spacial score (nSPS) is 10.7. The molecule has 0 unspecified atom stereocenters. The largest absolute Gasteiger partial charge is 0.480 e. The van der Waals surface area contributed by atoms with Crippen molar-refractivity contribution < 1.29 is 19.5 Å². The number of nitrogens with zero attached hydrogens (tertiary/aromatic N) is 1. The molecule has 0 saturated heterocycles. The lowest BCUT2D eigenvalue weighted by Crippen LogP contribution is -2.53. The maximum Gasteiger partial charge on any atom is 0.323 e. The molecule has 0 aromatic rings. The highest BCUT2D eigenvalue weighted by Gasteiger charge is 2.28. The molecule has 0 aromatic heterocycles. The van der Waals surface area contributed by atoms with Crippen molar-refractivity contribution in [2.24, 2.45) is 0 Å². The molecule has 0 saturated carbocycles. The highest BCUT2D eigenvalue weighted by molar-refractivity contribution is 5.85. The summed E-state index contributed by atoms with van der Waals surface area (Å²) in [5.74, 6) is -1.39. The van der Waals surface area contributed by atoms with Crippen LogP contribution in [0.3, 0.4) is 0 Å². The summed E-state index contributed by atoms with van der Waals surface area (Å²) in [6.45, 7) is 7.09. The third kappa shape index (κ3) is 7.28. The van der Waals surface area contributed by atoms with Gasteiger partial charge in [0.25, 0.3) is 0 Å². The number of hydrogen-bond acceptors (Lipinski definition) is 3. The lowest BCUT2D eigenvalue weighted by Gasteiger charge is -2.34. The summed E-state index contributed by atoms with van der Waals surface area (Å²) in [6, 6.07) is -0.568. The van der Waals surface area contributed by atoms with E-state index in [1.807, 2.05) is 6.92 Å². The third-order valence-corrected chi connectivity index (χ3v) is 2.32. The number of nitrogens with one attached hydrogen (secondary N) is 2. The van der Waals surface area contributed by atoms with Crippen molar-refractivity contribution in [3.8, 4) is 0 Å². The van der Waals surface area contributed by atoms with Gasteiger partial charge in [-0.3, -0.25) is 9.59 Å². The van der Waals surface area contributed by atoms with Crippen LogP contribution in [0.4, 0.5) is 4.79 Å². The van der Waals surface area contributed by atoms with Crippen LogP contribution in [-0.2, 0) is 9.59 Å². The van der Waals surface area contributed by atoms with Gasteiger partial charge in [-0.05, 0) is 27.2 Å². The Kier molecular flexibility index (Phi) is 6.89. The molecule has 0 fully saturated rings. The second-order valence-electron chi connectivity index (χ2n) is 5.16. The molecule has 0 aliphatic heterocycles. The molecule has 7 heteroatoms. The predicted molar refractivity (Wildman–Crippen MR) is 70.8 cm³/mol. The zero-order valence-electron chi connectivity index (χ0n) is 11.9. The lowest BCUT2D eigenvalue weighted by molar-refractivity contribution is -0.138. The number of carboxylic acid groups (broad SMARTS) is 1. The number of rotatable bonds is 6. The average molecular weight is 273 g/mol. The first-order valence-corrected chi connectivity index (χ1v) is 6.22. The van der Waals surface area contributed by atoms with Gasteiger partial charge in [0.05, 0.1) is 6.54 Å². The summed E-state index contributed by atoms with van der Waals surface area (Å²) in [4.78, 5) is 35.1. The molecular weight excluding hydrogens is 250 g/mol. The molecule has 0 radical (unpaired) electrons. The molecule has 3 N–H and O–H groups in total. The van der Waals surface area contributed by atoms with Crippen molar-refractivity contribution in [2.75, 3.05) is 19.6 Å². The molecule has 110 valence electrons. The number of carbonyl (C=O) groups excluding carboxylic acids is 2. The van der Waals surface area contributed by atoms with E-state index in [1.165, 1.54) is 4.90 Å². The van der Waals surface area contributed by atoms with Crippen LogP contribution in [-0.4, -0.2) is 53.1 Å². The number of carboxylic acids is 1. The Morgan fingerprint density at radius 3 is 2.16 bits per heavy atom. The van der Waals surface area contributed by atoms with E-state index in [9.17, 15) is 14.4 Å². The summed E-state index contributed by atoms with van der Waals surface area (Å²) in [5, 5.41) is 13.8. The molecule has 7 nitrogen and oxygen atoms in total. The minimum atomic E-state index is -1.10. The number of carbonyl (C=O) groups is 3. The van der Waals surface area contributed by atoms with Gasteiger partial charge in [0.2, 0.25) is 5.91 Å². The van der Waals surface area contributed by atoms with E-state index in [4.69, 9.17) is 5.11 Å². The molecule has 0 spiro atoms. The van der Waals surface area contributed by atoms with Crippen molar-refractivity contribution in [2.45, 2.75) is 39.7 Å². The number of amides is 3. The predicted octanol–water partition coefficient (Wildman–Crippen LogP) is 0.407. The zero-order valence-corrected chi connectivity index (χ0v) is 11.9. The molecule has 0 atom stereocenters. The van der Waals surface area contributed by atoms with Crippen LogP contribution in [0.2, 0.25) is 0 Å². The minimum absolute atomic E-state index is 0.162. The standard InChI is InChI=1S/C12H23N3O4/c1-5-6-13-9(16)7-14-11(19)15(8-10(17)18)12(2,3)4/h5-8H2,1-4H3,(H,13,16)(H,14,19)(H,17,18). The Labute approximate surface area is 113 Å². The summed E-state index contributed by atoms with van der Waals surface area (Å²) >= 11 is 0. The van der Waals surface area contributed by atoms with Crippen molar-refractivity contribution in [1.29, 1.82) is 0 Å². The smallest absolute Gasteiger partial charge is 0.323 e. The molecular formula is C12H23N3O4. The van der Waals surface area contributed by atoms with E-state index in [0.717, 1.165) is 6.42 Å². The van der Waals surface area contributed by atoms with Gasteiger partial charge in [-0.15, -0.1) is 0 Å². The number of aliphatic carboxylic acids is 1. The maximum atomic E-state index is 11.9. The van der Waals surface area contributed by atoms with Gasteiger partial charge in [0.1, 0.15) is 6.54 Å². The average Bonchev–Trinajstić information content (AvgIpc) is 2.28. The molecule has 0 aliphatic carbocycles. The Balaban J connectivity index is 4.41. The van der Waals surface area contributed by atoms with E-state index in [0.29, 0.717) is 6.54 Å². The Bertz CT molecular complexity index is 336. The first-order valence-electron chi connectivity index (χ1n) is 6.22. The minimum Gasteiger partial charge on any atom is -0.480 e. The van der Waals surface area contributed by atoms with Crippen LogP contribution in [0.5, 0.6) is 0 Å². The highest BCUT2D eigenvalue weighted by atomic mass is 16.4. The highest BCUT2D eigenvalue weighted by Crippen LogP contribution is 2.12. The van der Waals surface area contributed by atoms with E-state index in [-0.39, 0.29) is 12.5 Å². The molecule has 0 aliphatic rings. The SMILES string of the molecule is CCCNC(=O)CNC(=O)N(CC(=O)O)C(C)(C)C. The summed E-state index contributed by atoms with van der Waals surface area (Å²) < 4.78 is 0. The molecule has 0 bridgehead atoms. The van der Waals surface area contributed by atoms with Crippen LogP contribution in [0, 0.1) is 0 Å². The zero-order chi connectivity index (χ0) is 15.1. The lowest BCUT2D eigenvalue weighted by atomic mass is 10.1. The number of urea groups is 1. The maximum absolute atomic E-state index is 11.9. The van der Waals surface area contributed by atoms with Crippen LogP contribution in [0.25, 0.3) is 0 Å². The van der Waals surface area contributed by atoms with Crippen molar-refractivity contribution in [3.63, 3.8) is 0 Å². The van der Waals surface area contributed by atoms with Crippen molar-refractivity contribution >= 4 is 17.9 Å². The molecule has 0 aromatic carbocycles. The van der Waals surface area contributed by atoms with Gasteiger partial charge in [-0.2, -0.15) is 0 Å². The van der Waals surface area contributed by atoms with Gasteiger partial charge in [-0.1, -0.05) is 6.92 Å². The second-order valence-corrected chi connectivity index (χ2v) is 5.16. The van der Waals surface area contributed by atoms with Crippen molar-refractivity contribution in [3.05, 3.63) is 0 Å². The van der Waals surface area contributed by atoms with Gasteiger partial charge < -0.3 is 20.6 Å². The fourth-order valence-corrected chi connectivity index (χ4v) is 1.33. The van der Waals surface area contributed by atoms with E-state index in [2.05, 4.69) is 10.6 Å². The Hall–Kier alpha value is -1.79. The first-order chi connectivity index (χ1) is 8.68. The molecule has 0 rings (SSSR count). The fraction of sp³-hybridized carbons (Fsp3) is 0.750. The van der Waals surface area contributed by atoms with Crippen LogP contribution >= 0.6 is 0 Å². The monoisotopic (exact) mass is 273 g/mol. The Morgan fingerprint density at radius 2 is 1.74 bits per heavy atom. The second kappa shape index (κ2) is 7.60. The van der Waals surface area contributed by atoms with E-state index in [1.54, 1.807) is 20.8 Å². The first kappa shape index (κ1) is 17.2. The summed E-state index contributed by atoms with van der Waals surface area (Å²) in [6.07, 6.45) is 0.812. The third-order valence-electron chi connectivity index (χ3n) is 2.32. The van der Waals surface area contributed by atoms with E-state index >= 15 is 0 Å². The van der Waals surface area contributed by atoms with E-state index < -0.39 is 24.1 Å². The van der Waals surface area contributed by atoms with Crippen molar-refractivity contribution in [1.82, 2.24) is 15.5 Å². The van der Waals surface area contributed by atoms with Gasteiger partial charge in [0, 0.05) is 12.1 Å². The van der Waals surface area contributed by atoms with Gasteiger partial charge in [-0.25, -0.2) is 4.79 Å². The van der Waals surface area contributed by atoms with Gasteiger partial charge >= 0.3 is 12.0 Å². The van der Waals surface area contributed by atoms with Gasteiger partial charge in [0.15, 0.2) is 0 Å². The Morgan fingerprint density at radius 1 is 1.16 bits per heavy atom. The molecule has 0 heterocycles. The molecule has 19 heavy (non-hydrogen) atoms. The van der Waals surface area contributed by atoms with Crippen LogP contribution < -0.4 is 10.6 Å².